The average molecular weight is 431 g/mol. The van der Waals surface area contributed by atoms with Crippen LogP contribution in [0.4, 0.5) is 0 Å². The van der Waals surface area contributed by atoms with Gasteiger partial charge in [0.05, 0.1) is 20.1 Å². The van der Waals surface area contributed by atoms with E-state index in [-0.39, 0.29) is 21.5 Å². The van der Waals surface area contributed by atoms with Gasteiger partial charge in [-0.15, -0.1) is 0 Å². The highest BCUT2D eigenvalue weighted by Gasteiger charge is 2.74. The van der Waals surface area contributed by atoms with Crippen LogP contribution < -0.4 is 5.32 Å². The number of hydrogen-bond acceptors (Lipinski definition) is 6. The molecule has 2 unspecified atom stereocenters. The molecule has 0 saturated carbocycles. The van der Waals surface area contributed by atoms with Crippen molar-refractivity contribution in [2.45, 2.75) is 25.9 Å². The number of ether oxygens (including phenoxy) is 2. The molecule has 2 rings (SSSR count). The summed E-state index contributed by atoms with van der Waals surface area (Å²) in [5, 5.41) is 0.735. The summed E-state index contributed by atoms with van der Waals surface area (Å²) in [4.78, 5) is 48.0. The van der Waals surface area contributed by atoms with Crippen LogP contribution in [0, 0.1) is 5.41 Å². The Morgan fingerprint density at radius 1 is 1.04 bits per heavy atom. The molecule has 1 fully saturated rings. The zero-order valence-corrected chi connectivity index (χ0v) is 15.9. The van der Waals surface area contributed by atoms with Crippen molar-refractivity contribution >= 4 is 70.2 Å². The second-order valence-electron chi connectivity index (χ2n) is 5.23. The molecule has 1 heterocycles. The lowest BCUT2D eigenvalue weighted by Crippen LogP contribution is -2.57. The van der Waals surface area contributed by atoms with Crippen LogP contribution in [0.25, 0.3) is 0 Å². The number of allylic oxidation sites excluding steroid dienone is 2. The third kappa shape index (κ3) is 2.65. The molecule has 2 amide bonds. The van der Waals surface area contributed by atoms with Gasteiger partial charge in [0.2, 0.25) is 11.5 Å². The zero-order valence-electron chi connectivity index (χ0n) is 12.9. The van der Waals surface area contributed by atoms with Crippen LogP contribution in [0.2, 0.25) is 0 Å². The first kappa shape index (κ1) is 20.0. The van der Waals surface area contributed by atoms with Crippen molar-refractivity contribution in [1.29, 1.82) is 0 Å². The Morgan fingerprint density at radius 3 is 2.12 bits per heavy atom. The van der Waals surface area contributed by atoms with Gasteiger partial charge in [0.1, 0.15) is 5.41 Å². The van der Waals surface area contributed by atoms with Gasteiger partial charge in [0.15, 0.2) is 6.61 Å². The molecule has 2 atom stereocenters. The Balaban J connectivity index is 2.64. The lowest BCUT2D eigenvalue weighted by atomic mass is 9.68. The lowest BCUT2D eigenvalue weighted by molar-refractivity contribution is -0.176. The summed E-state index contributed by atoms with van der Waals surface area (Å²) in [5.74, 6) is -3.73. The standard InChI is InChI=1S/C14H11Cl4NO6/c1-3-13-9(17)7(15)8(16)10(18)14(13,12(23)19-11(13)22)25-6(21)4-24-5(2)20/h3-4H2,1-2H3,(H,19,22,23). The summed E-state index contributed by atoms with van der Waals surface area (Å²) < 4.78 is 9.77. The van der Waals surface area contributed by atoms with E-state index >= 15 is 0 Å². The van der Waals surface area contributed by atoms with Crippen LogP contribution in [0.5, 0.6) is 0 Å². The van der Waals surface area contributed by atoms with E-state index in [0.717, 1.165) is 6.92 Å². The van der Waals surface area contributed by atoms with E-state index in [2.05, 4.69) is 4.74 Å². The molecule has 1 N–H and O–H groups in total. The van der Waals surface area contributed by atoms with Crippen LogP contribution in [-0.4, -0.2) is 36.0 Å². The molecule has 0 spiro atoms. The molecule has 136 valence electrons. The fraction of sp³-hybridized carbons (Fsp3) is 0.429. The number of carbonyl (C=O) groups is 4. The van der Waals surface area contributed by atoms with E-state index in [1.54, 1.807) is 0 Å². The van der Waals surface area contributed by atoms with Gasteiger partial charge in [-0.3, -0.25) is 19.7 Å². The molecule has 7 nitrogen and oxygen atoms in total. The first-order chi connectivity index (χ1) is 11.6. The third-order valence-electron chi connectivity index (χ3n) is 3.99. The quantitative estimate of drug-likeness (QED) is 0.542. The molecule has 1 aliphatic carbocycles. The van der Waals surface area contributed by atoms with Crippen LogP contribution >= 0.6 is 46.4 Å². The number of nitrogens with one attached hydrogen (secondary N) is 1. The van der Waals surface area contributed by atoms with Gasteiger partial charge in [0.25, 0.3) is 5.91 Å². The van der Waals surface area contributed by atoms with Crippen molar-refractivity contribution in [3.8, 4) is 0 Å². The van der Waals surface area contributed by atoms with Gasteiger partial charge < -0.3 is 9.47 Å². The van der Waals surface area contributed by atoms with Crippen molar-refractivity contribution < 1.29 is 28.7 Å². The summed E-state index contributed by atoms with van der Waals surface area (Å²) in [5.41, 5.74) is -4.23. The number of carbonyl (C=O) groups excluding carboxylic acids is 4. The van der Waals surface area contributed by atoms with E-state index in [1.165, 1.54) is 6.92 Å². The van der Waals surface area contributed by atoms with Crippen molar-refractivity contribution in [2.75, 3.05) is 6.61 Å². The van der Waals surface area contributed by atoms with E-state index in [9.17, 15) is 19.2 Å². The Hall–Kier alpha value is -1.28. The minimum atomic E-state index is -2.34. The van der Waals surface area contributed by atoms with Crippen LogP contribution in [0.3, 0.4) is 0 Å². The molecule has 1 saturated heterocycles. The van der Waals surface area contributed by atoms with Crippen LogP contribution in [0.1, 0.15) is 20.3 Å². The second kappa shape index (κ2) is 6.79. The fourth-order valence-corrected chi connectivity index (χ4v) is 4.24. The minimum Gasteiger partial charge on any atom is -0.454 e. The fourth-order valence-electron chi connectivity index (χ4n) is 2.83. The largest absolute Gasteiger partial charge is 0.454 e. The van der Waals surface area contributed by atoms with Gasteiger partial charge in [-0.1, -0.05) is 53.3 Å². The molecule has 0 radical (unpaired) electrons. The summed E-state index contributed by atoms with van der Waals surface area (Å²) in [6, 6.07) is 0. The van der Waals surface area contributed by atoms with Gasteiger partial charge in [-0.05, 0) is 6.42 Å². The van der Waals surface area contributed by atoms with Crippen molar-refractivity contribution in [1.82, 2.24) is 5.32 Å². The summed E-state index contributed by atoms with van der Waals surface area (Å²) in [6.45, 7) is 1.81. The van der Waals surface area contributed by atoms with E-state index < -0.39 is 46.4 Å². The molecular weight excluding hydrogens is 420 g/mol. The number of fused-ring (bicyclic) bond motifs is 1. The van der Waals surface area contributed by atoms with Gasteiger partial charge in [0, 0.05) is 6.92 Å². The number of halogens is 4. The van der Waals surface area contributed by atoms with Gasteiger partial charge in [-0.2, -0.15) is 0 Å². The predicted molar refractivity (Wildman–Crippen MR) is 88.8 cm³/mol. The highest BCUT2D eigenvalue weighted by Crippen LogP contribution is 2.60. The molecule has 2 aliphatic rings. The summed E-state index contributed by atoms with van der Waals surface area (Å²) >= 11 is 24.5. The molecule has 0 aromatic carbocycles. The highest BCUT2D eigenvalue weighted by molar-refractivity contribution is 6.54. The number of imide groups is 1. The van der Waals surface area contributed by atoms with Gasteiger partial charge in [-0.25, -0.2) is 4.79 Å². The van der Waals surface area contributed by atoms with E-state index in [0.29, 0.717) is 0 Å². The molecule has 11 heteroatoms. The molecule has 0 aromatic rings. The first-order valence-electron chi connectivity index (χ1n) is 6.89. The monoisotopic (exact) mass is 429 g/mol. The van der Waals surface area contributed by atoms with Gasteiger partial charge >= 0.3 is 11.9 Å². The van der Waals surface area contributed by atoms with Crippen molar-refractivity contribution in [3.63, 3.8) is 0 Å². The van der Waals surface area contributed by atoms with Crippen molar-refractivity contribution in [3.05, 3.63) is 20.1 Å². The second-order valence-corrected chi connectivity index (χ2v) is 6.75. The summed E-state index contributed by atoms with van der Waals surface area (Å²) in [6.07, 6.45) is -0.0825. The molecule has 0 bridgehead atoms. The number of esters is 2. The van der Waals surface area contributed by atoms with Crippen molar-refractivity contribution in [2.24, 2.45) is 5.41 Å². The maximum absolute atomic E-state index is 12.6. The Labute approximate surface area is 162 Å². The Bertz CT molecular complexity index is 760. The normalized spacial score (nSPS) is 28.7. The predicted octanol–water partition coefficient (Wildman–Crippen LogP) is 2.28. The molecule has 0 aromatic heterocycles. The Morgan fingerprint density at radius 2 is 1.60 bits per heavy atom. The number of amides is 2. The SMILES string of the molecule is CCC12C(=O)NC(=O)C1(OC(=O)COC(C)=O)C(Cl)=C(Cl)C(Cl)=C2Cl. The Kier molecular flexibility index (Phi) is 5.45. The average Bonchev–Trinajstić information content (AvgIpc) is 2.77. The smallest absolute Gasteiger partial charge is 0.345 e. The van der Waals surface area contributed by atoms with Crippen LogP contribution in [-0.2, 0) is 28.7 Å². The van der Waals surface area contributed by atoms with E-state index in [1.807, 2.05) is 5.32 Å². The minimum absolute atomic E-state index is 0.0825. The zero-order chi connectivity index (χ0) is 19.2. The summed E-state index contributed by atoms with van der Waals surface area (Å²) in [7, 11) is 0. The first-order valence-corrected chi connectivity index (χ1v) is 8.40. The maximum Gasteiger partial charge on any atom is 0.345 e. The lowest BCUT2D eigenvalue weighted by Gasteiger charge is -2.42. The molecular formula is C14H11Cl4NO6. The molecule has 1 aliphatic heterocycles. The van der Waals surface area contributed by atoms with E-state index in [4.69, 9.17) is 51.1 Å². The maximum atomic E-state index is 12.6. The number of rotatable bonds is 4. The molecule has 25 heavy (non-hydrogen) atoms. The third-order valence-corrected chi connectivity index (χ3v) is 6.00. The number of hydrogen-bond donors (Lipinski definition) is 1. The topological polar surface area (TPSA) is 98.8 Å². The van der Waals surface area contributed by atoms with Crippen LogP contribution in [0.15, 0.2) is 20.1 Å². The highest BCUT2D eigenvalue weighted by atomic mass is 35.5.